The zero-order valence-corrected chi connectivity index (χ0v) is 10.9. The summed E-state index contributed by atoms with van der Waals surface area (Å²) < 4.78 is 0. The first-order valence-corrected chi connectivity index (χ1v) is 6.68. The monoisotopic (exact) mass is 268 g/mol. The van der Waals surface area contributed by atoms with Gasteiger partial charge in [-0.05, 0) is 36.9 Å². The van der Waals surface area contributed by atoms with Crippen molar-refractivity contribution >= 4 is 17.3 Å². The fourth-order valence-electron chi connectivity index (χ4n) is 2.44. The molecule has 2 rings (SSSR count). The molecule has 1 saturated carbocycles. The number of nitrogens with one attached hydrogen (secondary N) is 1. The molecule has 0 saturated heterocycles. The quantitative estimate of drug-likeness (QED) is 0.656. The number of hydrogen-bond donors (Lipinski definition) is 1. The molecular weight excluding hydrogens is 252 g/mol. The summed E-state index contributed by atoms with van der Waals surface area (Å²) in [5.41, 5.74) is 0.890. The molecule has 1 aromatic rings. The van der Waals surface area contributed by atoms with E-state index >= 15 is 0 Å². The molecule has 0 aliphatic heterocycles. The number of non-ortho nitro benzene ring substituents is 1. The van der Waals surface area contributed by atoms with E-state index in [1.807, 2.05) is 0 Å². The Kier molecular flexibility index (Phi) is 4.55. The largest absolute Gasteiger partial charge is 0.312 e. The van der Waals surface area contributed by atoms with E-state index in [0.717, 1.165) is 18.0 Å². The van der Waals surface area contributed by atoms with E-state index in [0.29, 0.717) is 11.6 Å². The maximum absolute atomic E-state index is 10.7. The van der Waals surface area contributed by atoms with Crippen LogP contribution in [-0.4, -0.2) is 11.5 Å². The van der Waals surface area contributed by atoms with Crippen molar-refractivity contribution in [2.75, 3.05) is 6.54 Å². The number of benzene rings is 1. The molecule has 0 unspecified atom stereocenters. The van der Waals surface area contributed by atoms with Gasteiger partial charge in [-0.2, -0.15) is 0 Å². The maximum Gasteiger partial charge on any atom is 0.269 e. The minimum absolute atomic E-state index is 0.0945. The highest BCUT2D eigenvalue weighted by molar-refractivity contribution is 6.31. The minimum atomic E-state index is -0.392. The third-order valence-electron chi connectivity index (χ3n) is 3.46. The number of halogens is 1. The van der Waals surface area contributed by atoms with Crippen LogP contribution in [0.15, 0.2) is 18.2 Å². The molecule has 0 amide bonds. The summed E-state index contributed by atoms with van der Waals surface area (Å²) in [5, 5.41) is 14.6. The van der Waals surface area contributed by atoms with Crippen LogP contribution in [-0.2, 0) is 6.54 Å². The molecule has 1 aromatic carbocycles. The normalized spacial score (nSPS) is 16.1. The van der Waals surface area contributed by atoms with Crippen molar-refractivity contribution in [3.05, 3.63) is 38.9 Å². The summed E-state index contributed by atoms with van der Waals surface area (Å²) in [4.78, 5) is 10.3. The Balaban J connectivity index is 1.91. The third-order valence-corrected chi connectivity index (χ3v) is 3.83. The average molecular weight is 269 g/mol. The van der Waals surface area contributed by atoms with Gasteiger partial charge < -0.3 is 5.32 Å². The highest BCUT2D eigenvalue weighted by Gasteiger charge is 2.15. The van der Waals surface area contributed by atoms with E-state index < -0.39 is 4.92 Å². The van der Waals surface area contributed by atoms with Crippen LogP contribution in [0.5, 0.6) is 0 Å². The summed E-state index contributed by atoms with van der Waals surface area (Å²) >= 11 is 6.03. The molecule has 1 aliphatic rings. The first-order chi connectivity index (χ1) is 8.66. The Morgan fingerprint density at radius 1 is 1.39 bits per heavy atom. The molecule has 1 N–H and O–H groups in total. The van der Waals surface area contributed by atoms with E-state index in [9.17, 15) is 10.1 Å². The average Bonchev–Trinajstić information content (AvgIpc) is 2.84. The van der Waals surface area contributed by atoms with E-state index in [1.54, 1.807) is 12.1 Å². The summed E-state index contributed by atoms with van der Waals surface area (Å²) in [6, 6.07) is 4.57. The molecule has 98 valence electrons. The van der Waals surface area contributed by atoms with Gasteiger partial charge in [0.15, 0.2) is 0 Å². The Bertz CT molecular complexity index is 431. The minimum Gasteiger partial charge on any atom is -0.312 e. The Hall–Kier alpha value is -1.13. The lowest BCUT2D eigenvalue weighted by Gasteiger charge is -2.11. The van der Waals surface area contributed by atoms with Crippen LogP contribution >= 0.6 is 11.6 Å². The van der Waals surface area contributed by atoms with Crippen molar-refractivity contribution in [1.82, 2.24) is 5.32 Å². The lowest BCUT2D eigenvalue weighted by molar-refractivity contribution is -0.384. The Morgan fingerprint density at radius 3 is 2.78 bits per heavy atom. The van der Waals surface area contributed by atoms with Crippen molar-refractivity contribution in [3.8, 4) is 0 Å². The lowest BCUT2D eigenvalue weighted by atomic mass is 10.1. The zero-order chi connectivity index (χ0) is 13.0. The van der Waals surface area contributed by atoms with Gasteiger partial charge in [0.2, 0.25) is 0 Å². The second-order valence-electron chi connectivity index (χ2n) is 4.81. The molecule has 0 spiro atoms. The molecule has 4 nitrogen and oxygen atoms in total. The molecule has 0 radical (unpaired) electrons. The molecule has 1 fully saturated rings. The van der Waals surface area contributed by atoms with Gasteiger partial charge in [-0.3, -0.25) is 10.1 Å². The lowest BCUT2D eigenvalue weighted by Crippen LogP contribution is -2.20. The Morgan fingerprint density at radius 2 is 2.11 bits per heavy atom. The van der Waals surface area contributed by atoms with Gasteiger partial charge in [0.05, 0.1) is 4.92 Å². The number of rotatable bonds is 5. The van der Waals surface area contributed by atoms with Crippen LogP contribution in [0.2, 0.25) is 5.02 Å². The number of nitro benzene ring substituents is 1. The van der Waals surface area contributed by atoms with Crippen LogP contribution in [0.25, 0.3) is 0 Å². The number of nitro groups is 1. The summed E-state index contributed by atoms with van der Waals surface area (Å²) in [6.45, 7) is 1.57. The predicted octanol–water partition coefficient (Wildman–Crippen LogP) is 3.53. The molecule has 18 heavy (non-hydrogen) atoms. The third kappa shape index (κ3) is 3.43. The summed E-state index contributed by atoms with van der Waals surface area (Å²) in [7, 11) is 0. The SMILES string of the molecule is O=[N+]([O-])c1ccc(Cl)c(CNCC2CCCC2)c1. The molecule has 0 heterocycles. The predicted molar refractivity (Wildman–Crippen MR) is 71.8 cm³/mol. The van der Waals surface area contributed by atoms with Crippen LogP contribution in [0.1, 0.15) is 31.2 Å². The second-order valence-corrected chi connectivity index (χ2v) is 5.22. The smallest absolute Gasteiger partial charge is 0.269 e. The number of nitrogens with zero attached hydrogens (tertiary/aromatic N) is 1. The fourth-order valence-corrected chi connectivity index (χ4v) is 2.62. The van der Waals surface area contributed by atoms with Crippen LogP contribution in [0.3, 0.4) is 0 Å². The first-order valence-electron chi connectivity index (χ1n) is 6.30. The molecule has 0 aromatic heterocycles. The van der Waals surface area contributed by atoms with Gasteiger partial charge in [0.1, 0.15) is 0 Å². The highest BCUT2D eigenvalue weighted by atomic mass is 35.5. The highest BCUT2D eigenvalue weighted by Crippen LogP contribution is 2.25. The van der Waals surface area contributed by atoms with E-state index in [4.69, 9.17) is 11.6 Å². The summed E-state index contributed by atoms with van der Waals surface area (Å²) in [5.74, 6) is 0.752. The van der Waals surface area contributed by atoms with Crippen molar-refractivity contribution in [3.63, 3.8) is 0 Å². The van der Waals surface area contributed by atoms with Crippen LogP contribution in [0.4, 0.5) is 5.69 Å². The molecule has 0 atom stereocenters. The topological polar surface area (TPSA) is 55.2 Å². The standard InChI is InChI=1S/C13H17ClN2O2/c14-13-6-5-12(16(17)18)7-11(13)9-15-8-10-3-1-2-4-10/h5-7,10,15H,1-4,8-9H2. The van der Waals surface area contributed by atoms with Crippen LogP contribution in [0, 0.1) is 16.0 Å². The van der Waals surface area contributed by atoms with Gasteiger partial charge in [0, 0.05) is 23.7 Å². The maximum atomic E-state index is 10.7. The van der Waals surface area contributed by atoms with Crippen LogP contribution < -0.4 is 5.32 Å². The molecule has 1 aliphatic carbocycles. The fraction of sp³-hybridized carbons (Fsp3) is 0.538. The van der Waals surface area contributed by atoms with Crippen molar-refractivity contribution in [1.29, 1.82) is 0 Å². The van der Waals surface area contributed by atoms with Gasteiger partial charge in [-0.25, -0.2) is 0 Å². The molecular formula is C13H17ClN2O2. The van der Waals surface area contributed by atoms with Gasteiger partial charge in [0.25, 0.3) is 5.69 Å². The van der Waals surface area contributed by atoms with Gasteiger partial charge >= 0.3 is 0 Å². The van der Waals surface area contributed by atoms with E-state index in [2.05, 4.69) is 5.32 Å². The van der Waals surface area contributed by atoms with E-state index in [-0.39, 0.29) is 5.69 Å². The second kappa shape index (κ2) is 6.16. The zero-order valence-electron chi connectivity index (χ0n) is 10.2. The Labute approximate surface area is 111 Å². The molecule has 0 bridgehead atoms. The van der Waals surface area contributed by atoms with E-state index in [1.165, 1.54) is 31.7 Å². The molecule has 5 heteroatoms. The number of hydrogen-bond acceptors (Lipinski definition) is 3. The van der Waals surface area contributed by atoms with Crippen molar-refractivity contribution in [2.24, 2.45) is 5.92 Å². The summed E-state index contributed by atoms with van der Waals surface area (Å²) in [6.07, 6.45) is 5.22. The van der Waals surface area contributed by atoms with Gasteiger partial charge in [-0.1, -0.05) is 24.4 Å². The van der Waals surface area contributed by atoms with Crippen molar-refractivity contribution in [2.45, 2.75) is 32.2 Å². The van der Waals surface area contributed by atoms with Gasteiger partial charge in [-0.15, -0.1) is 0 Å². The first kappa shape index (κ1) is 13.3. The van der Waals surface area contributed by atoms with Crippen molar-refractivity contribution < 1.29 is 4.92 Å².